The van der Waals surface area contributed by atoms with E-state index in [0.29, 0.717) is 0 Å². The summed E-state index contributed by atoms with van der Waals surface area (Å²) in [7, 11) is 0. The minimum atomic E-state index is 1.32. The van der Waals surface area contributed by atoms with Crippen LogP contribution in [0.2, 0.25) is 0 Å². The van der Waals surface area contributed by atoms with Gasteiger partial charge >= 0.3 is 0 Å². The van der Waals surface area contributed by atoms with Crippen LogP contribution in [0.4, 0.5) is 0 Å². The standard InChI is InChI=1S/C17H20/c1-11-7-6-8-16(9-11)17-10-12(2)13(3)14(4)15(17)5/h6-10H,1-5H3. The van der Waals surface area contributed by atoms with Gasteiger partial charge in [0.05, 0.1) is 0 Å². The second-order valence-corrected chi connectivity index (χ2v) is 4.99. The van der Waals surface area contributed by atoms with Crippen LogP contribution in [0.15, 0.2) is 30.3 Å². The third-order valence-electron chi connectivity index (χ3n) is 3.81. The molecule has 0 aromatic heterocycles. The number of rotatable bonds is 1. The molecule has 0 aliphatic carbocycles. The van der Waals surface area contributed by atoms with Gasteiger partial charge in [-0.2, -0.15) is 0 Å². The second kappa shape index (κ2) is 4.37. The minimum Gasteiger partial charge on any atom is -0.0614 e. The van der Waals surface area contributed by atoms with Gasteiger partial charge in [-0.15, -0.1) is 0 Å². The summed E-state index contributed by atoms with van der Waals surface area (Å²) in [6, 6.07) is 11.0. The van der Waals surface area contributed by atoms with Crippen LogP contribution in [0.1, 0.15) is 27.8 Å². The van der Waals surface area contributed by atoms with Crippen molar-refractivity contribution in [2.24, 2.45) is 0 Å². The molecule has 0 radical (unpaired) electrons. The van der Waals surface area contributed by atoms with Gasteiger partial charge in [-0.1, -0.05) is 35.9 Å². The number of hydrogen-bond donors (Lipinski definition) is 0. The predicted octanol–water partition coefficient (Wildman–Crippen LogP) is 4.90. The minimum absolute atomic E-state index is 1.32. The highest BCUT2D eigenvalue weighted by Crippen LogP contribution is 2.30. The molecule has 0 atom stereocenters. The second-order valence-electron chi connectivity index (χ2n) is 4.99. The molecule has 0 aliphatic heterocycles. The summed E-state index contributed by atoms with van der Waals surface area (Å²) >= 11 is 0. The average Bonchev–Trinajstić information content (AvgIpc) is 2.31. The normalized spacial score (nSPS) is 10.6. The first kappa shape index (κ1) is 11.9. The number of aryl methyl sites for hydroxylation is 2. The maximum absolute atomic E-state index is 2.31. The molecule has 2 rings (SSSR count). The zero-order chi connectivity index (χ0) is 12.6. The van der Waals surface area contributed by atoms with Gasteiger partial charge in [0, 0.05) is 0 Å². The van der Waals surface area contributed by atoms with Crippen LogP contribution in [0.3, 0.4) is 0 Å². The molecule has 17 heavy (non-hydrogen) atoms. The molecule has 0 nitrogen and oxygen atoms in total. The Bertz CT molecular complexity index is 562. The van der Waals surface area contributed by atoms with Gasteiger partial charge in [-0.25, -0.2) is 0 Å². The summed E-state index contributed by atoms with van der Waals surface area (Å²) in [5.41, 5.74) is 9.63. The predicted molar refractivity (Wildman–Crippen MR) is 75.6 cm³/mol. The maximum atomic E-state index is 2.31. The molecule has 0 aliphatic rings. The molecular formula is C17H20. The summed E-state index contributed by atoms with van der Waals surface area (Å²) < 4.78 is 0. The highest BCUT2D eigenvalue weighted by Gasteiger charge is 2.08. The van der Waals surface area contributed by atoms with Gasteiger partial charge in [-0.3, -0.25) is 0 Å². The first-order valence-corrected chi connectivity index (χ1v) is 6.15. The fourth-order valence-corrected chi connectivity index (χ4v) is 2.32. The van der Waals surface area contributed by atoms with Crippen molar-refractivity contribution in [3.63, 3.8) is 0 Å². The average molecular weight is 224 g/mol. The first-order chi connectivity index (χ1) is 8.00. The topological polar surface area (TPSA) is 0 Å². The van der Waals surface area contributed by atoms with Gasteiger partial charge in [0.15, 0.2) is 0 Å². The number of hydrogen-bond acceptors (Lipinski definition) is 0. The Balaban J connectivity index is 2.68. The molecule has 0 N–H and O–H groups in total. The van der Waals surface area contributed by atoms with E-state index in [1.54, 1.807) is 0 Å². The molecule has 0 unspecified atom stereocenters. The molecule has 0 amide bonds. The van der Waals surface area contributed by atoms with Crippen LogP contribution in [-0.4, -0.2) is 0 Å². The molecule has 0 bridgehead atoms. The smallest absolute Gasteiger partial charge is 0.0149 e. The van der Waals surface area contributed by atoms with Crippen molar-refractivity contribution in [3.05, 3.63) is 58.1 Å². The number of benzene rings is 2. The van der Waals surface area contributed by atoms with E-state index in [9.17, 15) is 0 Å². The van der Waals surface area contributed by atoms with E-state index >= 15 is 0 Å². The Morgan fingerprint density at radius 3 is 2.06 bits per heavy atom. The lowest BCUT2D eigenvalue weighted by atomic mass is 9.90. The molecule has 0 saturated carbocycles. The Kier molecular flexibility index (Phi) is 3.06. The van der Waals surface area contributed by atoms with Gasteiger partial charge in [0.25, 0.3) is 0 Å². The van der Waals surface area contributed by atoms with E-state index in [1.807, 2.05) is 0 Å². The lowest BCUT2D eigenvalue weighted by molar-refractivity contribution is 1.22. The van der Waals surface area contributed by atoms with Crippen LogP contribution < -0.4 is 0 Å². The Morgan fingerprint density at radius 1 is 0.706 bits per heavy atom. The molecule has 2 aromatic rings. The van der Waals surface area contributed by atoms with Crippen molar-refractivity contribution < 1.29 is 0 Å². The van der Waals surface area contributed by atoms with Crippen LogP contribution in [0.25, 0.3) is 11.1 Å². The summed E-state index contributed by atoms with van der Waals surface area (Å²) in [5.74, 6) is 0. The van der Waals surface area contributed by atoms with Crippen molar-refractivity contribution in [2.45, 2.75) is 34.6 Å². The zero-order valence-corrected chi connectivity index (χ0v) is 11.4. The highest BCUT2D eigenvalue weighted by atomic mass is 14.1. The van der Waals surface area contributed by atoms with Crippen molar-refractivity contribution in [3.8, 4) is 11.1 Å². The molecular weight excluding hydrogens is 204 g/mol. The van der Waals surface area contributed by atoms with E-state index in [2.05, 4.69) is 65.0 Å². The zero-order valence-electron chi connectivity index (χ0n) is 11.4. The van der Waals surface area contributed by atoms with Gasteiger partial charge in [0.1, 0.15) is 0 Å². The van der Waals surface area contributed by atoms with Crippen LogP contribution in [0.5, 0.6) is 0 Å². The van der Waals surface area contributed by atoms with Crippen LogP contribution in [0, 0.1) is 34.6 Å². The molecule has 0 fully saturated rings. The van der Waals surface area contributed by atoms with Gasteiger partial charge < -0.3 is 0 Å². The van der Waals surface area contributed by atoms with E-state index in [-0.39, 0.29) is 0 Å². The van der Waals surface area contributed by atoms with E-state index in [1.165, 1.54) is 38.9 Å². The van der Waals surface area contributed by atoms with Gasteiger partial charge in [0.2, 0.25) is 0 Å². The summed E-state index contributed by atoms with van der Waals surface area (Å²) in [6.07, 6.45) is 0. The lowest BCUT2D eigenvalue weighted by Gasteiger charge is -2.14. The Hall–Kier alpha value is -1.56. The summed E-state index contributed by atoms with van der Waals surface area (Å²) in [6.45, 7) is 11.0. The molecule has 0 heterocycles. The SMILES string of the molecule is Cc1cccc(-c2cc(C)c(C)c(C)c2C)c1. The molecule has 0 heteroatoms. The lowest BCUT2D eigenvalue weighted by Crippen LogP contribution is -1.94. The Morgan fingerprint density at radius 2 is 1.41 bits per heavy atom. The highest BCUT2D eigenvalue weighted by molar-refractivity contribution is 5.71. The summed E-state index contributed by atoms with van der Waals surface area (Å²) in [4.78, 5) is 0. The quantitative estimate of drug-likeness (QED) is 0.646. The van der Waals surface area contributed by atoms with Crippen molar-refractivity contribution in [1.29, 1.82) is 0 Å². The van der Waals surface area contributed by atoms with E-state index in [4.69, 9.17) is 0 Å². The van der Waals surface area contributed by atoms with Gasteiger partial charge in [-0.05, 0) is 68.0 Å². The molecule has 88 valence electrons. The largest absolute Gasteiger partial charge is 0.0614 e. The molecule has 0 saturated heterocycles. The fourth-order valence-electron chi connectivity index (χ4n) is 2.32. The van der Waals surface area contributed by atoms with Crippen LogP contribution in [-0.2, 0) is 0 Å². The summed E-state index contributed by atoms with van der Waals surface area (Å²) in [5, 5.41) is 0. The van der Waals surface area contributed by atoms with Crippen LogP contribution >= 0.6 is 0 Å². The maximum Gasteiger partial charge on any atom is -0.0149 e. The molecule has 2 aromatic carbocycles. The van der Waals surface area contributed by atoms with E-state index in [0.717, 1.165) is 0 Å². The van der Waals surface area contributed by atoms with Crippen molar-refractivity contribution in [1.82, 2.24) is 0 Å². The van der Waals surface area contributed by atoms with Crippen molar-refractivity contribution in [2.75, 3.05) is 0 Å². The molecule has 0 spiro atoms. The van der Waals surface area contributed by atoms with E-state index < -0.39 is 0 Å². The third-order valence-corrected chi connectivity index (χ3v) is 3.81. The fraction of sp³-hybridized carbons (Fsp3) is 0.294. The Labute approximate surface area is 104 Å². The first-order valence-electron chi connectivity index (χ1n) is 6.15. The van der Waals surface area contributed by atoms with Crippen molar-refractivity contribution >= 4 is 0 Å². The third kappa shape index (κ3) is 2.12. The monoisotopic (exact) mass is 224 g/mol.